The van der Waals surface area contributed by atoms with E-state index >= 15 is 0 Å². The van der Waals surface area contributed by atoms with Crippen LogP contribution < -0.4 is 0 Å². The van der Waals surface area contributed by atoms with Gasteiger partial charge in [0, 0.05) is 28.4 Å². The van der Waals surface area contributed by atoms with Crippen molar-refractivity contribution in [1.82, 2.24) is 4.57 Å². The minimum absolute atomic E-state index is 0.0831. The van der Waals surface area contributed by atoms with Gasteiger partial charge in [0.25, 0.3) is 0 Å². The molecule has 0 fully saturated rings. The van der Waals surface area contributed by atoms with Crippen molar-refractivity contribution in [3.63, 3.8) is 0 Å². The number of benzene rings is 3. The van der Waals surface area contributed by atoms with Crippen LogP contribution in [0, 0.1) is 5.82 Å². The van der Waals surface area contributed by atoms with E-state index in [0.717, 1.165) is 27.5 Å². The van der Waals surface area contributed by atoms with Crippen molar-refractivity contribution in [3.05, 3.63) is 72.5 Å². The number of rotatable bonds is 4. The minimum Gasteiger partial charge on any atom is -0.395 e. The molecule has 0 amide bonds. The van der Waals surface area contributed by atoms with Crippen LogP contribution >= 0.6 is 0 Å². The van der Waals surface area contributed by atoms with Crippen molar-refractivity contribution >= 4 is 33.2 Å². The molecule has 5 heteroatoms. The lowest BCUT2D eigenvalue weighted by Gasteiger charge is -2.04. The van der Waals surface area contributed by atoms with E-state index in [1.54, 1.807) is 12.1 Å². The second-order valence-corrected chi connectivity index (χ2v) is 5.77. The number of azo groups is 1. The fourth-order valence-corrected chi connectivity index (χ4v) is 3.07. The topological polar surface area (TPSA) is 49.9 Å². The molecule has 0 radical (unpaired) electrons. The summed E-state index contributed by atoms with van der Waals surface area (Å²) in [5, 5.41) is 20.0. The minimum atomic E-state index is -0.294. The van der Waals surface area contributed by atoms with Gasteiger partial charge < -0.3 is 9.67 Å². The fourth-order valence-electron chi connectivity index (χ4n) is 3.07. The second kappa shape index (κ2) is 6.45. The first kappa shape index (κ1) is 15.5. The number of nitrogens with zero attached hydrogens (tertiary/aromatic N) is 3. The molecule has 4 nitrogen and oxygen atoms in total. The Morgan fingerprint density at radius 1 is 0.800 bits per heavy atom. The van der Waals surface area contributed by atoms with Gasteiger partial charge in [-0.1, -0.05) is 18.2 Å². The van der Waals surface area contributed by atoms with E-state index in [0.29, 0.717) is 12.2 Å². The van der Waals surface area contributed by atoms with Crippen LogP contribution in [0.2, 0.25) is 0 Å². The lowest BCUT2D eigenvalue weighted by atomic mass is 10.1. The van der Waals surface area contributed by atoms with Gasteiger partial charge in [0.05, 0.1) is 18.0 Å². The Bertz CT molecular complexity index is 1070. The van der Waals surface area contributed by atoms with Crippen molar-refractivity contribution in [3.8, 4) is 0 Å². The molecule has 0 bridgehead atoms. The summed E-state index contributed by atoms with van der Waals surface area (Å²) in [6, 6.07) is 19.9. The normalized spacial score (nSPS) is 11.8. The average molecular weight is 333 g/mol. The van der Waals surface area contributed by atoms with E-state index < -0.39 is 0 Å². The molecule has 1 heterocycles. The second-order valence-electron chi connectivity index (χ2n) is 5.77. The van der Waals surface area contributed by atoms with E-state index in [-0.39, 0.29) is 12.4 Å². The van der Waals surface area contributed by atoms with Crippen molar-refractivity contribution in [2.24, 2.45) is 10.2 Å². The monoisotopic (exact) mass is 333 g/mol. The summed E-state index contributed by atoms with van der Waals surface area (Å²) in [4.78, 5) is 0. The zero-order valence-corrected chi connectivity index (χ0v) is 13.4. The molecular formula is C20H16FN3O. The Morgan fingerprint density at radius 3 is 2.28 bits per heavy atom. The Kier molecular flexibility index (Phi) is 3.99. The summed E-state index contributed by atoms with van der Waals surface area (Å²) in [6.45, 7) is 0.625. The van der Waals surface area contributed by atoms with Crippen LogP contribution in [0.4, 0.5) is 15.8 Å². The van der Waals surface area contributed by atoms with E-state index in [9.17, 15) is 9.50 Å². The van der Waals surface area contributed by atoms with Gasteiger partial charge in [-0.2, -0.15) is 10.2 Å². The molecule has 0 unspecified atom stereocenters. The van der Waals surface area contributed by atoms with E-state index in [1.165, 1.54) is 12.1 Å². The van der Waals surface area contributed by atoms with Crippen LogP contribution in [0.5, 0.6) is 0 Å². The molecule has 1 N–H and O–H groups in total. The Hall–Kier alpha value is -3.05. The van der Waals surface area contributed by atoms with E-state index in [2.05, 4.69) is 20.9 Å². The lowest BCUT2D eigenvalue weighted by Crippen LogP contribution is -2.00. The number of halogens is 1. The van der Waals surface area contributed by atoms with Gasteiger partial charge >= 0.3 is 0 Å². The maximum atomic E-state index is 12.9. The summed E-state index contributed by atoms with van der Waals surface area (Å²) in [5.74, 6) is -0.294. The number of hydrogen-bond acceptors (Lipinski definition) is 3. The highest BCUT2D eigenvalue weighted by molar-refractivity contribution is 6.08. The molecule has 0 spiro atoms. The molecule has 0 aliphatic heterocycles. The Balaban J connectivity index is 1.79. The molecule has 1 aromatic heterocycles. The average Bonchev–Trinajstić information content (AvgIpc) is 2.95. The predicted octanol–water partition coefficient (Wildman–Crippen LogP) is 5.34. The van der Waals surface area contributed by atoms with Crippen LogP contribution in [-0.2, 0) is 6.54 Å². The molecule has 124 valence electrons. The van der Waals surface area contributed by atoms with Crippen LogP contribution in [0.3, 0.4) is 0 Å². The van der Waals surface area contributed by atoms with Crippen LogP contribution in [0.15, 0.2) is 77.0 Å². The Morgan fingerprint density at radius 2 is 1.48 bits per heavy atom. The van der Waals surface area contributed by atoms with Crippen molar-refractivity contribution in [2.45, 2.75) is 6.54 Å². The first-order chi connectivity index (χ1) is 12.3. The number of hydrogen-bond donors (Lipinski definition) is 1. The molecule has 4 rings (SSSR count). The highest BCUT2D eigenvalue weighted by atomic mass is 19.1. The van der Waals surface area contributed by atoms with E-state index in [1.807, 2.05) is 36.4 Å². The maximum absolute atomic E-state index is 12.9. The third-order valence-electron chi connectivity index (χ3n) is 4.19. The lowest BCUT2D eigenvalue weighted by molar-refractivity contribution is 0.280. The Labute approximate surface area is 143 Å². The highest BCUT2D eigenvalue weighted by Gasteiger charge is 2.10. The summed E-state index contributed by atoms with van der Waals surface area (Å²) < 4.78 is 15.0. The molecule has 4 aromatic rings. The number of aliphatic hydroxyl groups excluding tert-OH is 1. The molecule has 0 atom stereocenters. The number of aromatic nitrogens is 1. The largest absolute Gasteiger partial charge is 0.395 e. The molecule has 0 saturated heterocycles. The zero-order valence-electron chi connectivity index (χ0n) is 13.4. The third kappa shape index (κ3) is 2.90. The standard InChI is InChI=1S/C20H16FN3O/c21-14-5-7-15(8-6-14)22-23-16-9-10-20-18(13-16)17-3-1-2-4-19(17)24(20)11-12-25/h1-10,13,25H,11-12H2. The SMILES string of the molecule is OCCn1c2ccccc2c2cc(N=Nc3ccc(F)cc3)ccc21. The van der Waals surface area contributed by atoms with E-state index in [4.69, 9.17) is 0 Å². The first-order valence-corrected chi connectivity index (χ1v) is 8.05. The summed E-state index contributed by atoms with van der Waals surface area (Å²) in [5.41, 5.74) is 3.46. The van der Waals surface area contributed by atoms with Gasteiger partial charge in [-0.3, -0.25) is 0 Å². The van der Waals surface area contributed by atoms with Crippen molar-refractivity contribution in [1.29, 1.82) is 0 Å². The maximum Gasteiger partial charge on any atom is 0.123 e. The zero-order chi connectivity index (χ0) is 17.2. The van der Waals surface area contributed by atoms with Gasteiger partial charge in [0.1, 0.15) is 5.82 Å². The van der Waals surface area contributed by atoms with Crippen LogP contribution in [0.1, 0.15) is 0 Å². The predicted molar refractivity (Wildman–Crippen MR) is 97.1 cm³/mol. The van der Waals surface area contributed by atoms with Crippen LogP contribution in [0.25, 0.3) is 21.8 Å². The quantitative estimate of drug-likeness (QED) is 0.503. The van der Waals surface area contributed by atoms with Gasteiger partial charge in [-0.05, 0) is 48.5 Å². The van der Waals surface area contributed by atoms with Gasteiger partial charge in [-0.25, -0.2) is 4.39 Å². The number of aliphatic hydroxyl groups is 1. The molecule has 0 aliphatic rings. The smallest absolute Gasteiger partial charge is 0.123 e. The van der Waals surface area contributed by atoms with Crippen molar-refractivity contribution < 1.29 is 9.50 Å². The number of para-hydroxylation sites is 1. The highest BCUT2D eigenvalue weighted by Crippen LogP contribution is 2.32. The summed E-state index contributed by atoms with van der Waals surface area (Å²) in [6.07, 6.45) is 0. The van der Waals surface area contributed by atoms with Gasteiger partial charge in [0.2, 0.25) is 0 Å². The molecule has 25 heavy (non-hydrogen) atoms. The molecule has 0 saturated carbocycles. The van der Waals surface area contributed by atoms with Gasteiger partial charge in [0.15, 0.2) is 0 Å². The molecular weight excluding hydrogens is 317 g/mol. The molecule has 0 aliphatic carbocycles. The summed E-state index contributed by atoms with van der Waals surface area (Å²) in [7, 11) is 0. The fraction of sp³-hybridized carbons (Fsp3) is 0.100. The van der Waals surface area contributed by atoms with Crippen molar-refractivity contribution in [2.75, 3.05) is 6.61 Å². The first-order valence-electron chi connectivity index (χ1n) is 8.05. The van der Waals surface area contributed by atoms with Gasteiger partial charge in [-0.15, -0.1) is 0 Å². The number of fused-ring (bicyclic) bond motifs is 3. The molecule has 3 aromatic carbocycles. The summed E-state index contributed by atoms with van der Waals surface area (Å²) >= 11 is 0. The van der Waals surface area contributed by atoms with Crippen LogP contribution in [-0.4, -0.2) is 16.3 Å². The third-order valence-corrected chi connectivity index (χ3v) is 4.19.